The summed E-state index contributed by atoms with van der Waals surface area (Å²) in [7, 11) is 0. The Morgan fingerprint density at radius 3 is 2.65 bits per heavy atom. The SMILES string of the molecule is Nc1nc(Cl)c(C(O)C(O)CO)cc1[N+](=O)[O-]. The molecule has 0 aliphatic rings. The minimum absolute atomic E-state index is 0.172. The Bertz CT molecular complexity index is 441. The van der Waals surface area contributed by atoms with Gasteiger partial charge in [0.2, 0.25) is 5.82 Å². The van der Waals surface area contributed by atoms with Crippen LogP contribution in [-0.4, -0.2) is 37.9 Å². The van der Waals surface area contributed by atoms with Crippen LogP contribution in [0.25, 0.3) is 0 Å². The first-order valence-electron chi connectivity index (χ1n) is 4.45. The van der Waals surface area contributed by atoms with Gasteiger partial charge in [0, 0.05) is 11.6 Å². The molecule has 0 aromatic carbocycles. The smallest absolute Gasteiger partial charge is 0.311 e. The molecular weight excluding hydrogens is 254 g/mol. The fourth-order valence-electron chi connectivity index (χ4n) is 1.17. The number of rotatable bonds is 4. The van der Waals surface area contributed by atoms with Crippen LogP contribution in [0.3, 0.4) is 0 Å². The molecule has 0 aliphatic carbocycles. The van der Waals surface area contributed by atoms with Crippen molar-refractivity contribution in [2.75, 3.05) is 12.3 Å². The van der Waals surface area contributed by atoms with Gasteiger partial charge >= 0.3 is 5.69 Å². The van der Waals surface area contributed by atoms with Gasteiger partial charge in [-0.1, -0.05) is 11.6 Å². The molecule has 5 N–H and O–H groups in total. The summed E-state index contributed by atoms with van der Waals surface area (Å²) in [6, 6.07) is 0.911. The Morgan fingerprint density at radius 1 is 1.59 bits per heavy atom. The molecule has 1 rings (SSSR count). The maximum atomic E-state index is 10.6. The zero-order chi connectivity index (χ0) is 13.2. The van der Waals surface area contributed by atoms with Gasteiger partial charge in [-0.05, 0) is 0 Å². The molecule has 0 spiro atoms. The van der Waals surface area contributed by atoms with Crippen molar-refractivity contribution in [2.24, 2.45) is 0 Å². The molecule has 1 aromatic rings. The van der Waals surface area contributed by atoms with Gasteiger partial charge in [0.1, 0.15) is 17.4 Å². The van der Waals surface area contributed by atoms with E-state index in [2.05, 4.69) is 4.98 Å². The highest BCUT2D eigenvalue weighted by Crippen LogP contribution is 2.30. The van der Waals surface area contributed by atoms with E-state index in [1.54, 1.807) is 0 Å². The highest BCUT2D eigenvalue weighted by atomic mass is 35.5. The molecule has 17 heavy (non-hydrogen) atoms. The number of aliphatic hydroxyl groups excluding tert-OH is 3. The van der Waals surface area contributed by atoms with E-state index in [1.165, 1.54) is 0 Å². The fraction of sp³-hybridized carbons (Fsp3) is 0.375. The lowest BCUT2D eigenvalue weighted by Crippen LogP contribution is -2.22. The lowest BCUT2D eigenvalue weighted by atomic mass is 10.1. The number of nitrogens with two attached hydrogens (primary N) is 1. The number of aromatic nitrogens is 1. The van der Waals surface area contributed by atoms with E-state index in [0.29, 0.717) is 0 Å². The van der Waals surface area contributed by atoms with Crippen molar-refractivity contribution < 1.29 is 20.2 Å². The third kappa shape index (κ3) is 2.80. The van der Waals surface area contributed by atoms with Gasteiger partial charge in [-0.15, -0.1) is 0 Å². The van der Waals surface area contributed by atoms with Crippen LogP contribution in [0.2, 0.25) is 5.15 Å². The minimum atomic E-state index is -1.58. The van der Waals surface area contributed by atoms with Gasteiger partial charge < -0.3 is 21.1 Å². The van der Waals surface area contributed by atoms with Gasteiger partial charge in [-0.3, -0.25) is 10.1 Å². The number of pyridine rings is 1. The first kappa shape index (κ1) is 13.6. The molecule has 0 amide bonds. The average Bonchev–Trinajstić information content (AvgIpc) is 2.26. The van der Waals surface area contributed by atoms with Crippen molar-refractivity contribution in [1.82, 2.24) is 4.98 Å². The van der Waals surface area contributed by atoms with Gasteiger partial charge in [0.15, 0.2) is 0 Å². The second-order valence-electron chi connectivity index (χ2n) is 3.22. The number of nitrogen functional groups attached to an aromatic ring is 1. The van der Waals surface area contributed by atoms with Crippen LogP contribution in [0.4, 0.5) is 11.5 Å². The fourth-order valence-corrected chi connectivity index (χ4v) is 1.43. The van der Waals surface area contributed by atoms with Crippen molar-refractivity contribution in [1.29, 1.82) is 0 Å². The Kier molecular flexibility index (Phi) is 4.18. The summed E-state index contributed by atoms with van der Waals surface area (Å²) in [5.41, 5.74) is 4.56. The summed E-state index contributed by atoms with van der Waals surface area (Å²) in [6.07, 6.45) is -3.10. The maximum absolute atomic E-state index is 10.6. The molecule has 0 fully saturated rings. The van der Waals surface area contributed by atoms with Crippen LogP contribution in [-0.2, 0) is 0 Å². The largest absolute Gasteiger partial charge is 0.394 e. The van der Waals surface area contributed by atoms with Crippen LogP contribution in [0.1, 0.15) is 11.7 Å². The maximum Gasteiger partial charge on any atom is 0.311 e. The number of hydrogen-bond acceptors (Lipinski definition) is 7. The number of hydrogen-bond donors (Lipinski definition) is 4. The molecule has 94 valence electrons. The first-order chi connectivity index (χ1) is 7.88. The molecule has 1 heterocycles. The number of anilines is 1. The summed E-state index contributed by atoms with van der Waals surface area (Å²) < 4.78 is 0. The Balaban J connectivity index is 3.24. The molecule has 8 nitrogen and oxygen atoms in total. The molecule has 2 unspecified atom stereocenters. The van der Waals surface area contributed by atoms with Crippen molar-refractivity contribution >= 4 is 23.1 Å². The van der Waals surface area contributed by atoms with Crippen LogP contribution in [0.5, 0.6) is 0 Å². The summed E-state index contributed by atoms with van der Waals surface area (Å²) >= 11 is 5.64. The zero-order valence-corrected chi connectivity index (χ0v) is 9.20. The Labute approximate surface area is 100 Å². The first-order valence-corrected chi connectivity index (χ1v) is 4.83. The third-order valence-corrected chi connectivity index (χ3v) is 2.38. The van der Waals surface area contributed by atoms with Crippen LogP contribution in [0, 0.1) is 10.1 Å². The average molecular weight is 264 g/mol. The molecule has 0 radical (unpaired) electrons. The number of aliphatic hydroxyl groups is 3. The number of halogens is 1. The Hall–Kier alpha value is -1.48. The van der Waals surface area contributed by atoms with E-state index in [4.69, 9.17) is 22.4 Å². The highest BCUT2D eigenvalue weighted by Gasteiger charge is 2.25. The zero-order valence-electron chi connectivity index (χ0n) is 8.45. The molecule has 2 atom stereocenters. The summed E-state index contributed by atoms with van der Waals surface area (Å²) in [6.45, 7) is -0.727. The lowest BCUT2D eigenvalue weighted by Gasteiger charge is -2.16. The third-order valence-electron chi connectivity index (χ3n) is 2.08. The lowest BCUT2D eigenvalue weighted by molar-refractivity contribution is -0.384. The van der Waals surface area contributed by atoms with E-state index in [9.17, 15) is 20.3 Å². The Morgan fingerprint density at radius 2 is 2.18 bits per heavy atom. The van der Waals surface area contributed by atoms with Gasteiger partial charge in [0.25, 0.3) is 0 Å². The molecule has 0 saturated carbocycles. The van der Waals surface area contributed by atoms with Crippen LogP contribution < -0.4 is 5.73 Å². The summed E-state index contributed by atoms with van der Waals surface area (Å²) in [4.78, 5) is 13.3. The minimum Gasteiger partial charge on any atom is -0.394 e. The molecule has 0 saturated heterocycles. The molecular formula is C8H10ClN3O5. The monoisotopic (exact) mass is 263 g/mol. The quantitative estimate of drug-likeness (QED) is 0.329. The van der Waals surface area contributed by atoms with Gasteiger partial charge in [0.05, 0.1) is 11.5 Å². The molecule has 0 aliphatic heterocycles. The van der Waals surface area contributed by atoms with Crippen molar-refractivity contribution in [3.8, 4) is 0 Å². The predicted molar refractivity (Wildman–Crippen MR) is 58.4 cm³/mol. The topological polar surface area (TPSA) is 143 Å². The summed E-state index contributed by atoms with van der Waals surface area (Å²) in [5.74, 6) is -0.394. The second-order valence-corrected chi connectivity index (χ2v) is 3.58. The van der Waals surface area contributed by atoms with E-state index >= 15 is 0 Å². The molecule has 9 heteroatoms. The van der Waals surface area contributed by atoms with E-state index in [-0.39, 0.29) is 10.7 Å². The van der Waals surface area contributed by atoms with Crippen LogP contribution >= 0.6 is 11.6 Å². The van der Waals surface area contributed by atoms with E-state index in [0.717, 1.165) is 6.07 Å². The van der Waals surface area contributed by atoms with Crippen molar-refractivity contribution in [2.45, 2.75) is 12.2 Å². The van der Waals surface area contributed by atoms with Crippen molar-refractivity contribution in [3.05, 3.63) is 26.9 Å². The molecule has 0 bridgehead atoms. The van der Waals surface area contributed by atoms with Gasteiger partial charge in [-0.2, -0.15) is 0 Å². The van der Waals surface area contributed by atoms with E-state index in [1.807, 2.05) is 0 Å². The molecule has 1 aromatic heterocycles. The number of nitro groups is 1. The summed E-state index contributed by atoms with van der Waals surface area (Å²) in [5, 5.41) is 37.8. The van der Waals surface area contributed by atoms with E-state index < -0.39 is 35.2 Å². The standard InChI is InChI=1S/C8H10ClN3O5/c9-7-3(6(15)5(14)2-13)1-4(12(16)17)8(10)11-7/h1,5-6,13-15H,2H2,(H2,10,11). The highest BCUT2D eigenvalue weighted by molar-refractivity contribution is 6.30. The van der Waals surface area contributed by atoms with Crippen molar-refractivity contribution in [3.63, 3.8) is 0 Å². The number of nitrogens with zero attached hydrogens (tertiary/aromatic N) is 2. The predicted octanol–water partition coefficient (Wildman–Crippen LogP) is -0.388. The van der Waals surface area contributed by atoms with Gasteiger partial charge in [-0.25, -0.2) is 4.98 Å². The van der Waals surface area contributed by atoms with Crippen LogP contribution in [0.15, 0.2) is 6.07 Å². The normalized spacial score (nSPS) is 14.4. The second kappa shape index (κ2) is 5.23.